The van der Waals surface area contributed by atoms with Gasteiger partial charge in [0.25, 0.3) is 0 Å². The molecule has 0 saturated carbocycles. The van der Waals surface area contributed by atoms with Gasteiger partial charge in [-0.25, -0.2) is 18.7 Å². The lowest BCUT2D eigenvalue weighted by Crippen LogP contribution is -2.15. The number of nitrogens with two attached hydrogens (primary N) is 1. The summed E-state index contributed by atoms with van der Waals surface area (Å²) in [5.74, 6) is -0.0442. The summed E-state index contributed by atoms with van der Waals surface area (Å²) in [4.78, 5) is 26.5. The Morgan fingerprint density at radius 1 is 0.633 bits per heavy atom. The molecule has 8 rings (SSSR count). The van der Waals surface area contributed by atoms with Crippen molar-refractivity contribution in [1.29, 1.82) is 0 Å². The molecule has 0 fully saturated rings. The number of benzene rings is 4. The molecule has 0 amide bonds. The third-order valence-corrected chi connectivity index (χ3v) is 8.77. The molecule has 0 spiro atoms. The molecule has 1 atom stereocenters. The lowest BCUT2D eigenvalue weighted by molar-refractivity contribution is -0.137. The fourth-order valence-electron chi connectivity index (χ4n) is 5.78. The summed E-state index contributed by atoms with van der Waals surface area (Å²) in [6.07, 6.45) is 2.27. The molecule has 0 aliphatic carbocycles. The number of alkyl halides is 3. The molecular weight excluding hydrogens is 780 g/mol. The lowest BCUT2D eigenvalue weighted by atomic mass is 9.95. The summed E-state index contributed by atoms with van der Waals surface area (Å²) in [5.41, 5.74) is 8.99. The van der Waals surface area contributed by atoms with E-state index in [9.17, 15) is 37.0 Å². The van der Waals surface area contributed by atoms with E-state index in [-0.39, 0.29) is 29.2 Å². The summed E-state index contributed by atoms with van der Waals surface area (Å²) >= 11 is 0. The SMILES string of the molecule is Cc1ccnc(N)c1.Cc1ccnc(NC(c2ccc(C)cc2F)c2ccc3cccnc3c2O)c1.O=Cc1ccc(C(F)(F)F)cc1F.Oc1cccc2cccnc12. The first-order chi connectivity index (χ1) is 28.6. The number of hydrogen-bond acceptors (Lipinski definition) is 9. The molecule has 0 radical (unpaired) electrons. The summed E-state index contributed by atoms with van der Waals surface area (Å²) in [6.45, 7) is 5.79. The van der Waals surface area contributed by atoms with Crippen molar-refractivity contribution >= 4 is 39.7 Å². The second-order valence-electron chi connectivity index (χ2n) is 13.4. The number of phenols is 2. The first-order valence-electron chi connectivity index (χ1n) is 18.2. The van der Waals surface area contributed by atoms with Crippen LogP contribution in [0, 0.1) is 32.4 Å². The van der Waals surface area contributed by atoms with Crippen LogP contribution in [0.5, 0.6) is 11.5 Å². The van der Waals surface area contributed by atoms with Crippen LogP contribution in [0.1, 0.15) is 49.8 Å². The van der Waals surface area contributed by atoms with Crippen LogP contribution >= 0.6 is 0 Å². The van der Waals surface area contributed by atoms with Crippen LogP contribution in [0.15, 0.2) is 140 Å². The predicted molar refractivity (Wildman–Crippen MR) is 223 cm³/mol. The number of halogens is 5. The molecule has 5 N–H and O–H groups in total. The van der Waals surface area contributed by atoms with Crippen molar-refractivity contribution < 1.29 is 37.0 Å². The second-order valence-corrected chi connectivity index (χ2v) is 13.4. The van der Waals surface area contributed by atoms with Crippen LogP contribution in [0.25, 0.3) is 21.8 Å². The number of carbonyl (C=O) groups excluding carboxylic acids is 1. The maximum Gasteiger partial charge on any atom is 0.416 e. The Kier molecular flexibility index (Phi) is 14.4. The van der Waals surface area contributed by atoms with Gasteiger partial charge in [-0.15, -0.1) is 0 Å². The molecule has 0 bridgehead atoms. The van der Waals surface area contributed by atoms with E-state index in [2.05, 4.69) is 25.3 Å². The van der Waals surface area contributed by atoms with Crippen LogP contribution in [0.2, 0.25) is 0 Å². The van der Waals surface area contributed by atoms with Gasteiger partial charge < -0.3 is 21.3 Å². The van der Waals surface area contributed by atoms with Gasteiger partial charge in [0.15, 0.2) is 6.29 Å². The minimum Gasteiger partial charge on any atom is -0.506 e. The van der Waals surface area contributed by atoms with Gasteiger partial charge in [-0.05, 0) is 104 Å². The molecule has 14 heteroatoms. The number of nitrogen functional groups attached to an aromatic ring is 1. The third-order valence-electron chi connectivity index (χ3n) is 8.77. The summed E-state index contributed by atoms with van der Waals surface area (Å²) in [5, 5.41) is 25.3. The standard InChI is InChI=1S/C23H20FN3O.C9H7NO.C8H4F4O.C6H8N2/c1-14-5-7-17(19(24)12-14)22(27-20-13-15(2)9-11-25-20)18-8-6-16-4-3-10-26-21(16)23(18)28;11-8-5-1-3-7-4-2-6-10-9(7)8;9-7-3-6(8(10,11)12)2-1-5(7)4-13;1-5-2-3-8-6(7)4-5/h3-13,22,28H,1-2H3,(H,25,27);1-6,11H;1-4H;2-4H,1H3,(H2,7,8). The molecule has 306 valence electrons. The van der Waals surface area contributed by atoms with Crippen molar-refractivity contribution in [3.05, 3.63) is 191 Å². The van der Waals surface area contributed by atoms with Crippen molar-refractivity contribution in [3.63, 3.8) is 0 Å². The Morgan fingerprint density at radius 2 is 1.25 bits per heavy atom. The maximum absolute atomic E-state index is 14.9. The van der Waals surface area contributed by atoms with Gasteiger partial charge in [-0.1, -0.05) is 48.5 Å². The minimum atomic E-state index is -4.58. The Bertz CT molecular complexity index is 2710. The van der Waals surface area contributed by atoms with Crippen molar-refractivity contribution in [1.82, 2.24) is 19.9 Å². The van der Waals surface area contributed by atoms with Gasteiger partial charge in [0.1, 0.15) is 45.8 Å². The molecule has 1 unspecified atom stereocenters. The van der Waals surface area contributed by atoms with Gasteiger partial charge in [0.05, 0.1) is 17.2 Å². The minimum absolute atomic E-state index is 0.0308. The number of fused-ring (bicyclic) bond motifs is 2. The van der Waals surface area contributed by atoms with E-state index < -0.39 is 23.6 Å². The predicted octanol–water partition coefficient (Wildman–Crippen LogP) is 10.9. The van der Waals surface area contributed by atoms with Gasteiger partial charge >= 0.3 is 6.18 Å². The fourth-order valence-corrected chi connectivity index (χ4v) is 5.78. The second kappa shape index (κ2) is 19.8. The van der Waals surface area contributed by atoms with Gasteiger partial charge in [0, 0.05) is 46.7 Å². The zero-order chi connectivity index (χ0) is 43.4. The Morgan fingerprint density at radius 3 is 1.83 bits per heavy atom. The van der Waals surface area contributed by atoms with Gasteiger partial charge in [-0.2, -0.15) is 13.2 Å². The van der Waals surface area contributed by atoms with Crippen LogP contribution in [0.3, 0.4) is 0 Å². The number of nitrogens with zero attached hydrogens (tertiary/aromatic N) is 4. The smallest absolute Gasteiger partial charge is 0.416 e. The van der Waals surface area contributed by atoms with Gasteiger partial charge in [-0.3, -0.25) is 14.8 Å². The molecular formula is C46H39F5N6O3. The van der Waals surface area contributed by atoms with Gasteiger partial charge in [0.2, 0.25) is 0 Å². The first kappa shape index (κ1) is 43.6. The fraction of sp³-hybridized carbons (Fsp3) is 0.109. The first-order valence-corrected chi connectivity index (χ1v) is 18.2. The van der Waals surface area contributed by atoms with E-state index >= 15 is 0 Å². The zero-order valence-corrected chi connectivity index (χ0v) is 32.5. The number of nitrogens with one attached hydrogen (secondary N) is 1. The highest BCUT2D eigenvalue weighted by Crippen LogP contribution is 2.37. The lowest BCUT2D eigenvalue weighted by Gasteiger charge is -2.23. The normalized spacial score (nSPS) is 11.2. The maximum atomic E-state index is 14.9. The average molecular weight is 819 g/mol. The van der Waals surface area contributed by atoms with Crippen molar-refractivity contribution in [2.45, 2.75) is 33.0 Å². The number of anilines is 2. The molecule has 4 aromatic carbocycles. The van der Waals surface area contributed by atoms with E-state index in [1.54, 1.807) is 49.1 Å². The van der Waals surface area contributed by atoms with E-state index in [0.29, 0.717) is 45.9 Å². The highest BCUT2D eigenvalue weighted by atomic mass is 19.4. The summed E-state index contributed by atoms with van der Waals surface area (Å²) in [7, 11) is 0. The van der Waals surface area contributed by atoms with Crippen LogP contribution in [-0.2, 0) is 6.18 Å². The Hall–Kier alpha value is -7.48. The van der Waals surface area contributed by atoms with Crippen molar-refractivity contribution in [3.8, 4) is 11.5 Å². The van der Waals surface area contributed by atoms with E-state index in [4.69, 9.17) is 5.73 Å². The number of hydrogen-bond donors (Lipinski definition) is 4. The molecule has 0 aliphatic rings. The zero-order valence-electron chi connectivity index (χ0n) is 32.5. The molecule has 4 aromatic heterocycles. The van der Waals surface area contributed by atoms with E-state index in [1.807, 2.05) is 87.5 Å². The van der Waals surface area contributed by atoms with Crippen LogP contribution in [-0.4, -0.2) is 36.4 Å². The van der Waals surface area contributed by atoms with Crippen molar-refractivity contribution in [2.24, 2.45) is 0 Å². The third kappa shape index (κ3) is 11.6. The number of pyridine rings is 4. The Balaban J connectivity index is 0.000000175. The number of carbonyl (C=O) groups is 1. The molecule has 4 heterocycles. The number of aromatic nitrogens is 4. The number of aldehydes is 1. The average Bonchev–Trinajstić information content (AvgIpc) is 3.21. The number of rotatable bonds is 5. The quantitative estimate of drug-likeness (QED) is 0.0984. The van der Waals surface area contributed by atoms with Crippen LogP contribution < -0.4 is 11.1 Å². The molecule has 9 nitrogen and oxygen atoms in total. The summed E-state index contributed by atoms with van der Waals surface area (Å²) in [6, 6.07) is 30.2. The molecule has 0 aliphatic heterocycles. The topological polar surface area (TPSA) is 147 Å². The molecule has 8 aromatic rings. The summed E-state index contributed by atoms with van der Waals surface area (Å²) < 4.78 is 63.4. The highest BCUT2D eigenvalue weighted by molar-refractivity contribution is 5.86. The Labute approximate surface area is 342 Å². The number of aromatic hydroxyl groups is 2. The van der Waals surface area contributed by atoms with Crippen molar-refractivity contribution in [2.75, 3.05) is 11.1 Å². The number of aryl methyl sites for hydroxylation is 3. The van der Waals surface area contributed by atoms with E-state index in [0.717, 1.165) is 33.5 Å². The van der Waals surface area contributed by atoms with Crippen LogP contribution in [0.4, 0.5) is 33.6 Å². The van der Waals surface area contributed by atoms with E-state index in [1.165, 1.54) is 6.07 Å². The highest BCUT2D eigenvalue weighted by Gasteiger charge is 2.31. The monoisotopic (exact) mass is 818 g/mol. The number of phenolic OH excluding ortho intramolecular Hbond substituents is 2. The largest absolute Gasteiger partial charge is 0.506 e. The number of para-hydroxylation sites is 1. The molecule has 60 heavy (non-hydrogen) atoms. The molecule has 0 saturated heterocycles.